The molecule has 1 aromatic carbocycles. The molecule has 3 rings (SSSR count). The van der Waals surface area contributed by atoms with Gasteiger partial charge in [0, 0.05) is 24.6 Å². The molecule has 2 heterocycles. The third-order valence-corrected chi connectivity index (χ3v) is 5.01. The van der Waals surface area contributed by atoms with Gasteiger partial charge in [-0.1, -0.05) is 12.1 Å². The number of nitrogens with zero attached hydrogens (tertiary/aromatic N) is 2. The highest BCUT2D eigenvalue weighted by molar-refractivity contribution is 7.99. The van der Waals surface area contributed by atoms with Gasteiger partial charge in [0.25, 0.3) is 5.91 Å². The lowest BCUT2D eigenvalue weighted by Crippen LogP contribution is -2.30. The van der Waals surface area contributed by atoms with Crippen molar-refractivity contribution in [3.63, 3.8) is 0 Å². The van der Waals surface area contributed by atoms with Crippen molar-refractivity contribution in [3.05, 3.63) is 53.7 Å². The van der Waals surface area contributed by atoms with Crippen molar-refractivity contribution in [1.82, 2.24) is 9.88 Å². The third kappa shape index (κ3) is 3.27. The molecule has 120 valence electrons. The van der Waals surface area contributed by atoms with E-state index >= 15 is 0 Å². The van der Waals surface area contributed by atoms with E-state index in [1.807, 2.05) is 29.2 Å². The predicted octanol–water partition coefficient (Wildman–Crippen LogP) is 2.99. The van der Waals surface area contributed by atoms with Crippen LogP contribution in [0.5, 0.6) is 11.6 Å². The molecule has 0 radical (unpaired) electrons. The average molecular weight is 330 g/mol. The SMILES string of the molecule is COc1ccc(C2SCCN2C(=O)c2ccc(OC)nc2)cc1. The first-order valence-corrected chi connectivity index (χ1v) is 8.34. The maximum atomic E-state index is 12.8. The van der Waals surface area contributed by atoms with Gasteiger partial charge in [-0.2, -0.15) is 0 Å². The van der Waals surface area contributed by atoms with Gasteiger partial charge in [0.05, 0.1) is 19.8 Å². The summed E-state index contributed by atoms with van der Waals surface area (Å²) in [7, 11) is 3.20. The monoisotopic (exact) mass is 330 g/mol. The highest BCUT2D eigenvalue weighted by atomic mass is 32.2. The number of hydrogen-bond donors (Lipinski definition) is 0. The van der Waals surface area contributed by atoms with Crippen molar-refractivity contribution in [2.45, 2.75) is 5.37 Å². The van der Waals surface area contributed by atoms with Crippen molar-refractivity contribution in [2.24, 2.45) is 0 Å². The molecule has 1 aliphatic heterocycles. The molecule has 0 bridgehead atoms. The summed E-state index contributed by atoms with van der Waals surface area (Å²) in [4.78, 5) is 18.8. The second kappa shape index (κ2) is 6.91. The number of thioether (sulfide) groups is 1. The van der Waals surface area contributed by atoms with Gasteiger partial charge in [-0.15, -0.1) is 11.8 Å². The lowest BCUT2D eigenvalue weighted by molar-refractivity contribution is 0.0760. The van der Waals surface area contributed by atoms with Crippen molar-refractivity contribution in [1.29, 1.82) is 0 Å². The normalized spacial score (nSPS) is 17.1. The van der Waals surface area contributed by atoms with Crippen LogP contribution in [0.25, 0.3) is 0 Å². The molecule has 1 atom stereocenters. The van der Waals surface area contributed by atoms with Crippen LogP contribution in [0.3, 0.4) is 0 Å². The van der Waals surface area contributed by atoms with Crippen LogP contribution in [0.15, 0.2) is 42.6 Å². The summed E-state index contributed by atoms with van der Waals surface area (Å²) in [5.41, 5.74) is 1.68. The Morgan fingerprint density at radius 3 is 2.57 bits per heavy atom. The molecule has 5 nitrogen and oxygen atoms in total. The standard InChI is InChI=1S/C17H18N2O3S/c1-21-14-6-3-12(4-7-14)17-19(9-10-23-17)16(20)13-5-8-15(22-2)18-11-13/h3-8,11,17H,9-10H2,1-2H3. The number of carbonyl (C=O) groups excluding carboxylic acids is 1. The maximum Gasteiger partial charge on any atom is 0.256 e. The number of aromatic nitrogens is 1. The van der Waals surface area contributed by atoms with E-state index in [4.69, 9.17) is 9.47 Å². The number of amides is 1. The predicted molar refractivity (Wildman–Crippen MR) is 90.0 cm³/mol. The first kappa shape index (κ1) is 15.7. The van der Waals surface area contributed by atoms with E-state index in [2.05, 4.69) is 4.98 Å². The van der Waals surface area contributed by atoms with E-state index in [-0.39, 0.29) is 11.3 Å². The second-order valence-corrected chi connectivity index (χ2v) is 6.27. The Morgan fingerprint density at radius 2 is 1.96 bits per heavy atom. The molecule has 23 heavy (non-hydrogen) atoms. The summed E-state index contributed by atoms with van der Waals surface area (Å²) in [5, 5.41) is 0.0236. The molecule has 2 aromatic rings. The Bertz CT molecular complexity index is 673. The molecule has 1 aromatic heterocycles. The fourth-order valence-corrected chi connectivity index (χ4v) is 3.77. The van der Waals surface area contributed by atoms with E-state index < -0.39 is 0 Å². The largest absolute Gasteiger partial charge is 0.497 e. The molecule has 1 saturated heterocycles. The minimum atomic E-state index is -0.00836. The zero-order valence-corrected chi connectivity index (χ0v) is 13.9. The topological polar surface area (TPSA) is 51.7 Å². The van der Waals surface area contributed by atoms with Crippen molar-refractivity contribution >= 4 is 17.7 Å². The number of ether oxygens (including phenoxy) is 2. The minimum absolute atomic E-state index is 0.00836. The lowest BCUT2D eigenvalue weighted by atomic mass is 10.1. The smallest absolute Gasteiger partial charge is 0.256 e. The van der Waals surface area contributed by atoms with E-state index in [1.54, 1.807) is 44.3 Å². The first-order chi connectivity index (χ1) is 11.2. The Morgan fingerprint density at radius 1 is 1.17 bits per heavy atom. The van der Waals surface area contributed by atoms with Gasteiger partial charge in [0.15, 0.2) is 0 Å². The summed E-state index contributed by atoms with van der Waals surface area (Å²) < 4.78 is 10.2. The first-order valence-electron chi connectivity index (χ1n) is 7.29. The van der Waals surface area contributed by atoms with E-state index in [9.17, 15) is 4.79 Å². The van der Waals surface area contributed by atoms with Gasteiger partial charge < -0.3 is 14.4 Å². The van der Waals surface area contributed by atoms with Gasteiger partial charge in [-0.05, 0) is 23.8 Å². The van der Waals surface area contributed by atoms with Crippen LogP contribution in [0.4, 0.5) is 0 Å². The van der Waals surface area contributed by atoms with Crippen molar-refractivity contribution < 1.29 is 14.3 Å². The van der Waals surface area contributed by atoms with Gasteiger partial charge in [-0.3, -0.25) is 4.79 Å². The van der Waals surface area contributed by atoms with Gasteiger partial charge >= 0.3 is 0 Å². The van der Waals surface area contributed by atoms with E-state index in [0.717, 1.165) is 23.6 Å². The molecular formula is C17H18N2O3S. The second-order valence-electron chi connectivity index (χ2n) is 5.08. The molecule has 0 N–H and O–H groups in total. The highest BCUT2D eigenvalue weighted by Crippen LogP contribution is 2.39. The average Bonchev–Trinajstić information content (AvgIpc) is 3.11. The molecule has 0 spiro atoms. The fourth-order valence-electron chi connectivity index (χ4n) is 2.52. The molecule has 1 fully saturated rings. The van der Waals surface area contributed by atoms with Crippen LogP contribution in [-0.4, -0.2) is 42.3 Å². The maximum absolute atomic E-state index is 12.8. The van der Waals surface area contributed by atoms with Crippen LogP contribution in [0, 0.1) is 0 Å². The quantitative estimate of drug-likeness (QED) is 0.862. The number of methoxy groups -OCH3 is 2. The molecule has 6 heteroatoms. The molecule has 1 amide bonds. The number of benzene rings is 1. The Kier molecular flexibility index (Phi) is 4.71. The number of hydrogen-bond acceptors (Lipinski definition) is 5. The molecule has 1 unspecified atom stereocenters. The Hall–Kier alpha value is -2.21. The summed E-state index contributed by atoms with van der Waals surface area (Å²) in [5.74, 6) is 2.23. The highest BCUT2D eigenvalue weighted by Gasteiger charge is 2.31. The molecular weight excluding hydrogens is 312 g/mol. The van der Waals surface area contributed by atoms with Crippen LogP contribution in [0.1, 0.15) is 21.3 Å². The number of pyridine rings is 1. The zero-order chi connectivity index (χ0) is 16.2. The zero-order valence-electron chi connectivity index (χ0n) is 13.1. The van der Waals surface area contributed by atoms with E-state index in [1.165, 1.54) is 0 Å². The van der Waals surface area contributed by atoms with Crippen LogP contribution in [-0.2, 0) is 0 Å². The summed E-state index contributed by atoms with van der Waals surface area (Å²) in [6.07, 6.45) is 1.56. The van der Waals surface area contributed by atoms with Crippen molar-refractivity contribution in [2.75, 3.05) is 26.5 Å². The van der Waals surface area contributed by atoms with Crippen molar-refractivity contribution in [3.8, 4) is 11.6 Å². The summed E-state index contributed by atoms with van der Waals surface area (Å²) >= 11 is 1.77. The fraction of sp³-hybridized carbons (Fsp3) is 0.294. The van der Waals surface area contributed by atoms with Gasteiger partial charge in [0.2, 0.25) is 5.88 Å². The summed E-state index contributed by atoms with van der Waals surface area (Å²) in [6.45, 7) is 0.728. The summed E-state index contributed by atoms with van der Waals surface area (Å²) in [6, 6.07) is 11.3. The Balaban J connectivity index is 1.80. The molecule has 1 aliphatic rings. The van der Waals surface area contributed by atoms with Gasteiger partial charge in [-0.25, -0.2) is 4.98 Å². The van der Waals surface area contributed by atoms with Crippen LogP contribution < -0.4 is 9.47 Å². The number of carbonyl (C=O) groups is 1. The van der Waals surface area contributed by atoms with Crippen LogP contribution >= 0.6 is 11.8 Å². The van der Waals surface area contributed by atoms with Crippen LogP contribution in [0.2, 0.25) is 0 Å². The lowest BCUT2D eigenvalue weighted by Gasteiger charge is -2.24. The molecule has 0 saturated carbocycles. The molecule has 0 aliphatic carbocycles. The third-order valence-electron chi connectivity index (χ3n) is 3.75. The van der Waals surface area contributed by atoms with E-state index in [0.29, 0.717) is 11.4 Å². The van der Waals surface area contributed by atoms with Gasteiger partial charge in [0.1, 0.15) is 11.1 Å². The Labute approximate surface area is 139 Å². The minimum Gasteiger partial charge on any atom is -0.497 e. The number of rotatable bonds is 4.